The van der Waals surface area contributed by atoms with Crippen LogP contribution in [0.3, 0.4) is 0 Å². The lowest BCUT2D eigenvalue weighted by molar-refractivity contribution is 0.193. The molecule has 3 heteroatoms. The molecule has 0 amide bonds. The van der Waals surface area contributed by atoms with Gasteiger partial charge in [-0.2, -0.15) is 0 Å². The van der Waals surface area contributed by atoms with Crippen molar-refractivity contribution < 1.29 is 14.9 Å². The first-order valence-electron chi connectivity index (χ1n) is 3.70. The number of para-hydroxylation sites is 1. The summed E-state index contributed by atoms with van der Waals surface area (Å²) in [5.41, 5.74) is 0.481. The van der Waals surface area contributed by atoms with Crippen LogP contribution in [0.1, 0.15) is 18.6 Å². The highest BCUT2D eigenvalue weighted by Crippen LogP contribution is 2.32. The Kier molecular flexibility index (Phi) is 2.55. The number of phenols is 1. The maximum absolute atomic E-state index is 9.47. The second-order valence-electron chi connectivity index (χ2n) is 2.57. The van der Waals surface area contributed by atoms with Gasteiger partial charge in [0.05, 0.1) is 13.2 Å². The molecule has 0 radical (unpaired) electrons. The zero-order chi connectivity index (χ0) is 9.14. The van der Waals surface area contributed by atoms with Crippen molar-refractivity contribution in [1.29, 1.82) is 0 Å². The van der Waals surface area contributed by atoms with Gasteiger partial charge in [0.2, 0.25) is 0 Å². The van der Waals surface area contributed by atoms with Gasteiger partial charge in [0.25, 0.3) is 0 Å². The Morgan fingerprint density at radius 3 is 2.58 bits per heavy atom. The van der Waals surface area contributed by atoms with E-state index in [9.17, 15) is 10.2 Å². The van der Waals surface area contributed by atoms with Gasteiger partial charge in [0.15, 0.2) is 11.5 Å². The van der Waals surface area contributed by atoms with E-state index in [1.54, 1.807) is 25.1 Å². The van der Waals surface area contributed by atoms with E-state index < -0.39 is 6.10 Å². The average molecular weight is 168 g/mol. The average Bonchev–Trinajstić information content (AvgIpc) is 2.04. The molecule has 0 fully saturated rings. The van der Waals surface area contributed by atoms with Crippen LogP contribution in [0.2, 0.25) is 0 Å². The minimum atomic E-state index is -0.680. The first kappa shape index (κ1) is 8.87. The molecule has 0 saturated heterocycles. The number of aliphatic hydroxyl groups is 1. The number of aromatic hydroxyl groups is 1. The molecule has 1 unspecified atom stereocenters. The molecule has 0 spiro atoms. The van der Waals surface area contributed by atoms with Crippen molar-refractivity contribution in [2.24, 2.45) is 0 Å². The lowest BCUT2D eigenvalue weighted by atomic mass is 10.1. The van der Waals surface area contributed by atoms with E-state index >= 15 is 0 Å². The smallest absolute Gasteiger partial charge is 0.163 e. The fraction of sp³-hybridized carbons (Fsp3) is 0.333. The number of ether oxygens (including phenoxy) is 1. The van der Waals surface area contributed by atoms with Crippen LogP contribution >= 0.6 is 0 Å². The van der Waals surface area contributed by atoms with Gasteiger partial charge in [0.1, 0.15) is 0 Å². The van der Waals surface area contributed by atoms with Crippen molar-refractivity contribution >= 4 is 0 Å². The molecule has 0 heterocycles. The van der Waals surface area contributed by atoms with Gasteiger partial charge < -0.3 is 14.9 Å². The SMILES string of the molecule is COc1cccc(C(C)O)c1O. The van der Waals surface area contributed by atoms with E-state index in [1.807, 2.05) is 0 Å². The third-order valence-corrected chi connectivity index (χ3v) is 1.70. The van der Waals surface area contributed by atoms with E-state index in [1.165, 1.54) is 7.11 Å². The standard InChI is InChI=1S/C9H12O3/c1-6(10)7-4-3-5-8(12-2)9(7)11/h3-6,10-11H,1-2H3. The first-order chi connectivity index (χ1) is 5.66. The van der Waals surface area contributed by atoms with Gasteiger partial charge in [-0.25, -0.2) is 0 Å². The van der Waals surface area contributed by atoms with Crippen molar-refractivity contribution in [3.63, 3.8) is 0 Å². The summed E-state index contributed by atoms with van der Waals surface area (Å²) in [4.78, 5) is 0. The van der Waals surface area contributed by atoms with Gasteiger partial charge in [0, 0.05) is 5.56 Å². The molecule has 0 aromatic heterocycles. The Balaban J connectivity index is 3.14. The van der Waals surface area contributed by atoms with E-state index in [2.05, 4.69) is 0 Å². The van der Waals surface area contributed by atoms with Gasteiger partial charge in [-0.15, -0.1) is 0 Å². The van der Waals surface area contributed by atoms with Crippen LogP contribution < -0.4 is 4.74 Å². The molecule has 3 nitrogen and oxygen atoms in total. The van der Waals surface area contributed by atoms with Crippen LogP contribution in [-0.4, -0.2) is 17.3 Å². The summed E-state index contributed by atoms with van der Waals surface area (Å²) in [6.45, 7) is 1.59. The van der Waals surface area contributed by atoms with E-state index in [0.717, 1.165) is 0 Å². The van der Waals surface area contributed by atoms with Crippen molar-refractivity contribution in [3.8, 4) is 11.5 Å². The summed E-state index contributed by atoms with van der Waals surface area (Å²) in [7, 11) is 1.47. The third kappa shape index (κ3) is 1.51. The maximum atomic E-state index is 9.47. The molecular formula is C9H12O3. The number of rotatable bonds is 2. The molecule has 66 valence electrons. The van der Waals surface area contributed by atoms with Crippen LogP contribution in [-0.2, 0) is 0 Å². The summed E-state index contributed by atoms with van der Waals surface area (Å²) < 4.78 is 4.87. The van der Waals surface area contributed by atoms with Crippen molar-refractivity contribution in [3.05, 3.63) is 23.8 Å². The second-order valence-corrected chi connectivity index (χ2v) is 2.57. The minimum Gasteiger partial charge on any atom is -0.504 e. The zero-order valence-electron chi connectivity index (χ0n) is 7.11. The van der Waals surface area contributed by atoms with Crippen LogP contribution in [0, 0.1) is 0 Å². The largest absolute Gasteiger partial charge is 0.504 e. The Bertz CT molecular complexity index is 268. The second kappa shape index (κ2) is 3.45. The molecule has 1 rings (SSSR count). The first-order valence-corrected chi connectivity index (χ1v) is 3.70. The number of benzene rings is 1. The maximum Gasteiger partial charge on any atom is 0.163 e. The molecule has 1 aromatic carbocycles. The Morgan fingerprint density at radius 1 is 1.42 bits per heavy atom. The highest BCUT2D eigenvalue weighted by atomic mass is 16.5. The Hall–Kier alpha value is -1.22. The summed E-state index contributed by atoms with van der Waals surface area (Å²) >= 11 is 0. The van der Waals surface area contributed by atoms with Crippen molar-refractivity contribution in [2.75, 3.05) is 7.11 Å². The van der Waals surface area contributed by atoms with Crippen LogP contribution in [0.25, 0.3) is 0 Å². The van der Waals surface area contributed by atoms with Gasteiger partial charge in [-0.05, 0) is 13.0 Å². The molecular weight excluding hydrogens is 156 g/mol. The molecule has 0 aliphatic rings. The van der Waals surface area contributed by atoms with E-state index in [0.29, 0.717) is 11.3 Å². The number of aliphatic hydroxyl groups excluding tert-OH is 1. The predicted molar refractivity (Wildman–Crippen MR) is 45.3 cm³/mol. The molecule has 2 N–H and O–H groups in total. The fourth-order valence-electron chi connectivity index (χ4n) is 1.04. The topological polar surface area (TPSA) is 49.7 Å². The number of hydrogen-bond acceptors (Lipinski definition) is 3. The zero-order valence-corrected chi connectivity index (χ0v) is 7.11. The molecule has 1 atom stereocenters. The van der Waals surface area contributed by atoms with Crippen LogP contribution in [0.4, 0.5) is 0 Å². The van der Waals surface area contributed by atoms with E-state index in [-0.39, 0.29) is 5.75 Å². The van der Waals surface area contributed by atoms with Gasteiger partial charge in [-0.3, -0.25) is 0 Å². The van der Waals surface area contributed by atoms with Gasteiger partial charge in [-0.1, -0.05) is 12.1 Å². The minimum absolute atomic E-state index is 0.00926. The lowest BCUT2D eigenvalue weighted by Crippen LogP contribution is -1.93. The Labute approximate surface area is 71.2 Å². The van der Waals surface area contributed by atoms with Crippen LogP contribution in [0.15, 0.2) is 18.2 Å². The quantitative estimate of drug-likeness (QED) is 0.702. The van der Waals surface area contributed by atoms with Gasteiger partial charge >= 0.3 is 0 Å². The third-order valence-electron chi connectivity index (χ3n) is 1.70. The highest BCUT2D eigenvalue weighted by Gasteiger charge is 2.10. The molecule has 0 bridgehead atoms. The highest BCUT2D eigenvalue weighted by molar-refractivity contribution is 5.46. The number of phenolic OH excluding ortho intramolecular Hbond substituents is 1. The molecule has 0 aliphatic carbocycles. The van der Waals surface area contributed by atoms with E-state index in [4.69, 9.17) is 4.74 Å². The fourth-order valence-corrected chi connectivity index (χ4v) is 1.04. The number of methoxy groups -OCH3 is 1. The predicted octanol–water partition coefficient (Wildman–Crippen LogP) is 1.45. The monoisotopic (exact) mass is 168 g/mol. The van der Waals surface area contributed by atoms with Crippen LogP contribution in [0.5, 0.6) is 11.5 Å². The summed E-state index contributed by atoms with van der Waals surface area (Å²) in [6, 6.07) is 5.02. The molecule has 0 aliphatic heterocycles. The summed E-state index contributed by atoms with van der Waals surface area (Å²) in [5.74, 6) is 0.392. The number of hydrogen-bond donors (Lipinski definition) is 2. The molecule has 0 saturated carbocycles. The summed E-state index contributed by atoms with van der Waals surface area (Å²) in [6.07, 6.45) is -0.680. The van der Waals surface area contributed by atoms with Crippen molar-refractivity contribution in [2.45, 2.75) is 13.0 Å². The summed E-state index contributed by atoms with van der Waals surface area (Å²) in [5, 5.41) is 18.7. The molecule has 12 heavy (non-hydrogen) atoms. The Morgan fingerprint density at radius 2 is 2.08 bits per heavy atom. The normalized spacial score (nSPS) is 12.6. The van der Waals surface area contributed by atoms with Crippen molar-refractivity contribution in [1.82, 2.24) is 0 Å². The molecule has 1 aromatic rings. The lowest BCUT2D eigenvalue weighted by Gasteiger charge is -2.09.